The van der Waals surface area contributed by atoms with Crippen LogP contribution in [0.2, 0.25) is 0 Å². The van der Waals surface area contributed by atoms with Gasteiger partial charge in [0.15, 0.2) is 0 Å². The van der Waals surface area contributed by atoms with Crippen LogP contribution in [0.1, 0.15) is 32.6 Å². The summed E-state index contributed by atoms with van der Waals surface area (Å²) in [7, 11) is 0. The molecule has 2 rings (SSSR count). The minimum absolute atomic E-state index is 0.234. The minimum atomic E-state index is -0.592. The first-order valence-corrected chi connectivity index (χ1v) is 6.49. The predicted molar refractivity (Wildman–Crippen MR) is 66.7 cm³/mol. The minimum Gasteiger partial charge on any atom is -0.487 e. The molecule has 0 amide bonds. The van der Waals surface area contributed by atoms with Crippen LogP contribution in [0, 0.1) is 11.6 Å². The Bertz CT molecular complexity index is 385. The van der Waals surface area contributed by atoms with Crippen LogP contribution >= 0.6 is 0 Å². The Morgan fingerprint density at radius 2 is 1.89 bits per heavy atom. The van der Waals surface area contributed by atoms with Crippen LogP contribution in [0.25, 0.3) is 0 Å². The second-order valence-corrected chi connectivity index (χ2v) is 4.85. The Kier molecular flexibility index (Phi) is 4.17. The summed E-state index contributed by atoms with van der Waals surface area (Å²) in [6.45, 7) is 3.84. The molecule has 1 aliphatic rings. The number of hydrogen-bond acceptors (Lipinski definition) is 2. The van der Waals surface area contributed by atoms with Crippen molar-refractivity contribution in [3.05, 3.63) is 29.8 Å². The molecule has 1 aromatic carbocycles. The molecule has 18 heavy (non-hydrogen) atoms. The summed E-state index contributed by atoms with van der Waals surface area (Å²) in [4.78, 5) is 0. The maximum atomic E-state index is 13.1. The summed E-state index contributed by atoms with van der Waals surface area (Å²) in [5, 5.41) is 3.25. The van der Waals surface area contributed by atoms with Gasteiger partial charge in [0.1, 0.15) is 23.0 Å². The van der Waals surface area contributed by atoms with Gasteiger partial charge >= 0.3 is 0 Å². The van der Waals surface area contributed by atoms with Crippen molar-refractivity contribution in [2.75, 3.05) is 13.1 Å². The van der Waals surface area contributed by atoms with Crippen molar-refractivity contribution in [2.45, 2.75) is 38.2 Å². The normalized spacial score (nSPS) is 17.3. The van der Waals surface area contributed by atoms with Gasteiger partial charge < -0.3 is 10.1 Å². The Balaban J connectivity index is 2.00. The molecule has 0 unspecified atom stereocenters. The molecular weight excluding hydrogens is 236 g/mol. The van der Waals surface area contributed by atoms with Crippen molar-refractivity contribution in [2.24, 2.45) is 0 Å². The van der Waals surface area contributed by atoms with Gasteiger partial charge in [0.25, 0.3) is 0 Å². The van der Waals surface area contributed by atoms with Gasteiger partial charge in [-0.2, -0.15) is 0 Å². The lowest BCUT2D eigenvalue weighted by atomic mass is 9.77. The van der Waals surface area contributed by atoms with Crippen molar-refractivity contribution in [3.8, 4) is 5.75 Å². The van der Waals surface area contributed by atoms with Crippen molar-refractivity contribution in [3.63, 3.8) is 0 Å². The third-order valence-electron chi connectivity index (χ3n) is 3.44. The zero-order valence-corrected chi connectivity index (χ0v) is 10.6. The van der Waals surface area contributed by atoms with Gasteiger partial charge in [0, 0.05) is 18.2 Å². The molecule has 2 nitrogen and oxygen atoms in total. The van der Waals surface area contributed by atoms with E-state index in [1.807, 2.05) is 0 Å². The van der Waals surface area contributed by atoms with E-state index in [1.165, 1.54) is 12.1 Å². The molecule has 0 aliphatic heterocycles. The molecule has 0 spiro atoms. The Morgan fingerprint density at radius 1 is 1.22 bits per heavy atom. The second-order valence-electron chi connectivity index (χ2n) is 4.85. The van der Waals surface area contributed by atoms with Gasteiger partial charge in [0.05, 0.1) is 0 Å². The molecule has 0 heterocycles. The van der Waals surface area contributed by atoms with E-state index >= 15 is 0 Å². The van der Waals surface area contributed by atoms with Gasteiger partial charge in [-0.25, -0.2) is 8.78 Å². The highest BCUT2D eigenvalue weighted by molar-refractivity contribution is 5.25. The quantitative estimate of drug-likeness (QED) is 0.788. The number of rotatable bonds is 6. The van der Waals surface area contributed by atoms with E-state index in [0.29, 0.717) is 5.75 Å². The monoisotopic (exact) mass is 255 g/mol. The number of nitrogens with one attached hydrogen (secondary N) is 1. The molecule has 100 valence electrons. The molecule has 1 fully saturated rings. The van der Waals surface area contributed by atoms with E-state index in [0.717, 1.165) is 44.8 Å². The molecule has 0 bridgehead atoms. The van der Waals surface area contributed by atoms with Gasteiger partial charge in [-0.05, 0) is 38.8 Å². The standard InChI is InChI=1S/C14H19F2NO/c1-2-17-7-6-14(4-3-5-14)18-13-9-11(15)8-12(16)10-13/h8-10,17H,2-7H2,1H3. The van der Waals surface area contributed by atoms with Crippen LogP contribution in [0.15, 0.2) is 18.2 Å². The van der Waals surface area contributed by atoms with Gasteiger partial charge in [0.2, 0.25) is 0 Å². The van der Waals surface area contributed by atoms with Crippen LogP contribution in [0.4, 0.5) is 8.78 Å². The third kappa shape index (κ3) is 3.19. The van der Waals surface area contributed by atoms with Crippen LogP contribution in [-0.2, 0) is 0 Å². The Labute approximate surface area is 106 Å². The lowest BCUT2D eigenvalue weighted by molar-refractivity contribution is -0.0145. The molecule has 0 radical (unpaired) electrons. The average molecular weight is 255 g/mol. The molecule has 0 aromatic heterocycles. The van der Waals surface area contributed by atoms with Crippen molar-refractivity contribution in [1.82, 2.24) is 5.32 Å². The summed E-state index contributed by atoms with van der Waals surface area (Å²) >= 11 is 0. The van der Waals surface area contributed by atoms with Gasteiger partial charge in [-0.15, -0.1) is 0 Å². The van der Waals surface area contributed by atoms with Crippen molar-refractivity contribution < 1.29 is 13.5 Å². The Morgan fingerprint density at radius 3 is 2.39 bits per heavy atom. The zero-order valence-electron chi connectivity index (χ0n) is 10.6. The first-order chi connectivity index (χ1) is 8.63. The maximum Gasteiger partial charge on any atom is 0.129 e. The molecule has 1 aromatic rings. The van der Waals surface area contributed by atoms with Gasteiger partial charge in [-0.3, -0.25) is 0 Å². The van der Waals surface area contributed by atoms with Crippen LogP contribution in [0.3, 0.4) is 0 Å². The fourth-order valence-corrected chi connectivity index (χ4v) is 2.30. The molecule has 1 saturated carbocycles. The average Bonchev–Trinajstić information content (AvgIpc) is 2.24. The van der Waals surface area contributed by atoms with Crippen LogP contribution in [-0.4, -0.2) is 18.7 Å². The largest absolute Gasteiger partial charge is 0.487 e. The molecule has 0 atom stereocenters. The number of halogens is 2. The zero-order chi connectivity index (χ0) is 13.0. The first kappa shape index (κ1) is 13.3. The van der Waals surface area contributed by atoms with Crippen LogP contribution < -0.4 is 10.1 Å². The number of ether oxygens (including phenoxy) is 1. The topological polar surface area (TPSA) is 21.3 Å². The molecule has 1 N–H and O–H groups in total. The summed E-state index contributed by atoms with van der Waals surface area (Å²) in [5.41, 5.74) is -0.234. The second kappa shape index (κ2) is 5.65. The highest BCUT2D eigenvalue weighted by atomic mass is 19.1. The molecule has 1 aliphatic carbocycles. The summed E-state index contributed by atoms with van der Waals surface area (Å²) in [5.74, 6) is -0.888. The highest BCUT2D eigenvalue weighted by Gasteiger charge is 2.38. The van der Waals surface area contributed by atoms with Crippen LogP contribution in [0.5, 0.6) is 5.75 Å². The Hall–Kier alpha value is -1.16. The van der Waals surface area contributed by atoms with Crippen molar-refractivity contribution >= 4 is 0 Å². The first-order valence-electron chi connectivity index (χ1n) is 6.49. The summed E-state index contributed by atoms with van der Waals surface area (Å²) < 4.78 is 32.0. The fourth-order valence-electron chi connectivity index (χ4n) is 2.30. The number of benzene rings is 1. The van der Waals surface area contributed by atoms with E-state index in [-0.39, 0.29) is 5.60 Å². The number of hydrogen-bond donors (Lipinski definition) is 1. The lowest BCUT2D eigenvalue weighted by Gasteiger charge is -2.42. The molecule has 0 saturated heterocycles. The summed E-state index contributed by atoms with van der Waals surface area (Å²) in [6.07, 6.45) is 3.90. The van der Waals surface area contributed by atoms with E-state index in [4.69, 9.17) is 4.74 Å². The smallest absolute Gasteiger partial charge is 0.129 e. The van der Waals surface area contributed by atoms with Crippen molar-refractivity contribution in [1.29, 1.82) is 0 Å². The highest BCUT2D eigenvalue weighted by Crippen LogP contribution is 2.39. The van der Waals surface area contributed by atoms with Gasteiger partial charge in [-0.1, -0.05) is 6.92 Å². The lowest BCUT2D eigenvalue weighted by Crippen LogP contribution is -2.45. The van der Waals surface area contributed by atoms with E-state index in [1.54, 1.807) is 0 Å². The predicted octanol–water partition coefficient (Wildman–Crippen LogP) is 3.27. The van der Waals surface area contributed by atoms with E-state index < -0.39 is 11.6 Å². The third-order valence-corrected chi connectivity index (χ3v) is 3.44. The maximum absolute atomic E-state index is 13.1. The fraction of sp³-hybridized carbons (Fsp3) is 0.571. The SMILES string of the molecule is CCNCCC1(Oc2cc(F)cc(F)c2)CCC1. The van der Waals surface area contributed by atoms with E-state index in [2.05, 4.69) is 12.2 Å². The van der Waals surface area contributed by atoms with E-state index in [9.17, 15) is 8.78 Å². The summed E-state index contributed by atoms with van der Waals surface area (Å²) in [6, 6.07) is 3.35. The molecular formula is C14H19F2NO. The molecule has 4 heteroatoms.